The lowest BCUT2D eigenvalue weighted by molar-refractivity contribution is 0.424. The zero-order valence-electron chi connectivity index (χ0n) is 13.8. The summed E-state index contributed by atoms with van der Waals surface area (Å²) in [6.45, 7) is 15.2. The van der Waals surface area contributed by atoms with Crippen molar-refractivity contribution in [2.24, 2.45) is 0 Å². The highest BCUT2D eigenvalue weighted by Gasteiger charge is 2.16. The Bertz CT molecular complexity index is 421. The Kier molecular flexibility index (Phi) is 6.35. The van der Waals surface area contributed by atoms with E-state index in [0.717, 1.165) is 24.5 Å². The first-order valence-electron chi connectivity index (χ1n) is 7.54. The highest BCUT2D eigenvalue weighted by atomic mass is 35.5. The first-order valence-corrected chi connectivity index (χ1v) is 7.92. The predicted molar refractivity (Wildman–Crippen MR) is 90.8 cm³/mol. The summed E-state index contributed by atoms with van der Waals surface area (Å²) in [4.78, 5) is 2.44. The summed E-state index contributed by atoms with van der Waals surface area (Å²) in [7, 11) is 0. The van der Waals surface area contributed by atoms with Gasteiger partial charge in [-0.2, -0.15) is 0 Å². The van der Waals surface area contributed by atoms with Crippen LogP contribution in [0.1, 0.15) is 53.5 Å². The van der Waals surface area contributed by atoms with Gasteiger partial charge in [-0.05, 0) is 58.7 Å². The van der Waals surface area contributed by atoms with Gasteiger partial charge in [0.25, 0.3) is 0 Å². The topological polar surface area (TPSA) is 15.3 Å². The molecule has 0 bridgehead atoms. The smallest absolute Gasteiger partial charge is 0.0429 e. The Morgan fingerprint density at radius 1 is 1.25 bits per heavy atom. The van der Waals surface area contributed by atoms with E-state index in [0.29, 0.717) is 6.04 Å². The molecule has 114 valence electrons. The number of halogens is 1. The van der Waals surface area contributed by atoms with Crippen LogP contribution in [0.5, 0.6) is 0 Å². The Morgan fingerprint density at radius 3 is 2.40 bits per heavy atom. The summed E-state index contributed by atoms with van der Waals surface area (Å²) in [5.74, 6) is 0. The van der Waals surface area contributed by atoms with Crippen LogP contribution < -0.4 is 10.2 Å². The number of nitrogens with one attached hydrogen (secondary N) is 1. The molecule has 0 heterocycles. The maximum Gasteiger partial charge on any atom is 0.0429 e. The first-order chi connectivity index (χ1) is 9.24. The fourth-order valence-corrected chi connectivity index (χ4v) is 2.38. The van der Waals surface area contributed by atoms with Crippen molar-refractivity contribution in [1.29, 1.82) is 0 Å². The Morgan fingerprint density at radius 2 is 1.90 bits per heavy atom. The Labute approximate surface area is 129 Å². The summed E-state index contributed by atoms with van der Waals surface area (Å²) < 4.78 is 0. The van der Waals surface area contributed by atoms with Gasteiger partial charge in [-0.3, -0.25) is 0 Å². The van der Waals surface area contributed by atoms with Crippen molar-refractivity contribution in [2.45, 2.75) is 66.1 Å². The van der Waals surface area contributed by atoms with Gasteiger partial charge in [0.2, 0.25) is 0 Å². The van der Waals surface area contributed by atoms with E-state index in [1.54, 1.807) is 0 Å². The molecule has 0 aliphatic rings. The summed E-state index contributed by atoms with van der Waals surface area (Å²) in [5, 5.41) is 4.37. The van der Waals surface area contributed by atoms with Crippen molar-refractivity contribution < 1.29 is 0 Å². The summed E-state index contributed by atoms with van der Waals surface area (Å²) >= 11 is 6.21. The van der Waals surface area contributed by atoms with Crippen LogP contribution in [0.25, 0.3) is 0 Å². The molecule has 3 heteroatoms. The minimum absolute atomic E-state index is 0.115. The molecule has 0 aliphatic heterocycles. The molecule has 0 fully saturated rings. The van der Waals surface area contributed by atoms with E-state index in [1.165, 1.54) is 11.3 Å². The normalized spacial score (nSPS) is 12.0. The van der Waals surface area contributed by atoms with E-state index in [1.807, 2.05) is 6.07 Å². The molecule has 1 aromatic rings. The van der Waals surface area contributed by atoms with Crippen LogP contribution >= 0.6 is 11.6 Å². The minimum Gasteiger partial charge on any atom is -0.369 e. The molecular weight excluding hydrogens is 268 g/mol. The average Bonchev–Trinajstić information content (AvgIpc) is 2.33. The summed E-state index contributed by atoms with van der Waals surface area (Å²) in [5.41, 5.74) is 2.68. The monoisotopic (exact) mass is 296 g/mol. The summed E-state index contributed by atoms with van der Waals surface area (Å²) in [6.07, 6.45) is 1.14. The molecule has 0 aromatic heterocycles. The molecule has 0 saturated carbocycles. The number of benzene rings is 1. The highest BCUT2D eigenvalue weighted by Crippen LogP contribution is 2.27. The van der Waals surface area contributed by atoms with Gasteiger partial charge in [-0.25, -0.2) is 0 Å². The summed E-state index contributed by atoms with van der Waals surface area (Å²) in [6, 6.07) is 6.69. The molecule has 1 aromatic carbocycles. The van der Waals surface area contributed by atoms with Gasteiger partial charge in [0.1, 0.15) is 0 Å². The largest absolute Gasteiger partial charge is 0.369 e. The molecule has 0 unspecified atom stereocenters. The predicted octanol–water partition coefficient (Wildman–Crippen LogP) is 4.85. The molecule has 0 radical (unpaired) electrons. The fraction of sp³-hybridized carbons (Fsp3) is 0.647. The number of anilines is 1. The van der Waals surface area contributed by atoms with Gasteiger partial charge in [0.15, 0.2) is 0 Å². The number of rotatable bonds is 6. The lowest BCUT2D eigenvalue weighted by Crippen LogP contribution is -2.37. The number of hydrogen-bond acceptors (Lipinski definition) is 2. The molecule has 20 heavy (non-hydrogen) atoms. The maximum atomic E-state index is 6.21. The standard InChI is InChI=1S/C17H29ClN2/c1-7-10-20(13(2)3)16-11-15(18)9-8-14(16)12-19-17(4,5)6/h8-9,11,13,19H,7,10,12H2,1-6H3. The Hall–Kier alpha value is -0.730. The van der Waals surface area contributed by atoms with Crippen molar-refractivity contribution in [1.82, 2.24) is 5.32 Å². The molecule has 0 spiro atoms. The zero-order valence-corrected chi connectivity index (χ0v) is 14.5. The second-order valence-corrected chi connectivity index (χ2v) is 7.10. The van der Waals surface area contributed by atoms with Crippen LogP contribution in [-0.2, 0) is 6.54 Å². The second-order valence-electron chi connectivity index (χ2n) is 6.66. The molecule has 0 amide bonds. The van der Waals surface area contributed by atoms with Gasteiger partial charge in [0, 0.05) is 35.4 Å². The first kappa shape index (κ1) is 17.3. The third-order valence-corrected chi connectivity index (χ3v) is 3.49. The molecule has 1 N–H and O–H groups in total. The van der Waals surface area contributed by atoms with Gasteiger partial charge in [-0.1, -0.05) is 24.6 Å². The lowest BCUT2D eigenvalue weighted by Gasteiger charge is -2.32. The van der Waals surface area contributed by atoms with E-state index in [2.05, 4.69) is 63.9 Å². The minimum atomic E-state index is 0.115. The highest BCUT2D eigenvalue weighted by molar-refractivity contribution is 6.30. The van der Waals surface area contributed by atoms with Crippen LogP contribution in [0, 0.1) is 0 Å². The molecule has 0 saturated heterocycles. The third-order valence-electron chi connectivity index (χ3n) is 3.25. The van der Waals surface area contributed by atoms with Crippen molar-refractivity contribution in [2.75, 3.05) is 11.4 Å². The van der Waals surface area contributed by atoms with Crippen LogP contribution in [0.3, 0.4) is 0 Å². The maximum absolute atomic E-state index is 6.21. The van der Waals surface area contributed by atoms with E-state index in [-0.39, 0.29) is 5.54 Å². The van der Waals surface area contributed by atoms with Crippen molar-refractivity contribution >= 4 is 17.3 Å². The average molecular weight is 297 g/mol. The third kappa shape index (κ3) is 5.34. The van der Waals surface area contributed by atoms with Crippen LogP contribution in [0.4, 0.5) is 5.69 Å². The van der Waals surface area contributed by atoms with Crippen LogP contribution in [-0.4, -0.2) is 18.1 Å². The van der Waals surface area contributed by atoms with E-state index in [4.69, 9.17) is 11.6 Å². The van der Waals surface area contributed by atoms with E-state index < -0.39 is 0 Å². The van der Waals surface area contributed by atoms with Gasteiger partial charge in [0.05, 0.1) is 0 Å². The zero-order chi connectivity index (χ0) is 15.3. The van der Waals surface area contributed by atoms with Crippen molar-refractivity contribution in [3.63, 3.8) is 0 Å². The molecule has 2 nitrogen and oxygen atoms in total. The molecule has 1 rings (SSSR count). The second kappa shape index (κ2) is 7.33. The van der Waals surface area contributed by atoms with Crippen molar-refractivity contribution in [3.05, 3.63) is 28.8 Å². The van der Waals surface area contributed by atoms with Gasteiger partial charge in [-0.15, -0.1) is 0 Å². The number of hydrogen-bond donors (Lipinski definition) is 1. The SMILES string of the molecule is CCCN(c1cc(Cl)ccc1CNC(C)(C)C)C(C)C. The van der Waals surface area contributed by atoms with Crippen molar-refractivity contribution in [3.8, 4) is 0 Å². The van der Waals surface area contributed by atoms with Crippen LogP contribution in [0.2, 0.25) is 5.02 Å². The fourth-order valence-electron chi connectivity index (χ4n) is 2.21. The lowest BCUT2D eigenvalue weighted by atomic mass is 10.1. The van der Waals surface area contributed by atoms with Crippen LogP contribution in [0.15, 0.2) is 18.2 Å². The van der Waals surface area contributed by atoms with E-state index >= 15 is 0 Å². The number of nitrogens with zero attached hydrogens (tertiary/aromatic N) is 1. The molecule has 0 atom stereocenters. The van der Waals surface area contributed by atoms with E-state index in [9.17, 15) is 0 Å². The molecule has 0 aliphatic carbocycles. The quantitative estimate of drug-likeness (QED) is 0.807. The van der Waals surface area contributed by atoms with Gasteiger partial charge < -0.3 is 10.2 Å². The molecular formula is C17H29ClN2. The Balaban J connectivity index is 3.05. The van der Waals surface area contributed by atoms with Gasteiger partial charge >= 0.3 is 0 Å².